The Kier molecular flexibility index (Phi) is 5.24. The zero-order valence-electron chi connectivity index (χ0n) is 18.1. The standard InChI is InChI=1S/C27H24O4/c1-17-22(31-26(29)19-8-6-5-7-9-19)15-14-21-24(28)23(30-25(17)21)16-18-10-12-20(13-11-18)27(2,3)4/h5-16H,1-4H3/b23-16-. The third kappa shape index (κ3) is 4.15. The van der Waals surface area contributed by atoms with Crippen molar-refractivity contribution in [3.05, 3.63) is 100 Å². The van der Waals surface area contributed by atoms with Gasteiger partial charge in [0.25, 0.3) is 0 Å². The Morgan fingerprint density at radius 2 is 1.61 bits per heavy atom. The number of Topliss-reactive ketones (excluding diaryl/α,β-unsaturated/α-hetero) is 1. The molecule has 156 valence electrons. The molecule has 4 nitrogen and oxygen atoms in total. The number of esters is 1. The zero-order chi connectivity index (χ0) is 22.2. The Bertz CT molecular complexity index is 1180. The van der Waals surface area contributed by atoms with Crippen LogP contribution < -0.4 is 9.47 Å². The second kappa shape index (κ2) is 7.88. The summed E-state index contributed by atoms with van der Waals surface area (Å²) in [6.45, 7) is 8.25. The minimum absolute atomic E-state index is 0.0618. The van der Waals surface area contributed by atoms with Gasteiger partial charge >= 0.3 is 5.97 Å². The number of carbonyl (C=O) groups is 2. The molecular formula is C27H24O4. The zero-order valence-corrected chi connectivity index (χ0v) is 18.1. The van der Waals surface area contributed by atoms with E-state index in [2.05, 4.69) is 32.9 Å². The highest BCUT2D eigenvalue weighted by atomic mass is 16.5. The van der Waals surface area contributed by atoms with Gasteiger partial charge < -0.3 is 9.47 Å². The van der Waals surface area contributed by atoms with Crippen LogP contribution in [0.2, 0.25) is 0 Å². The molecule has 0 saturated carbocycles. The van der Waals surface area contributed by atoms with E-state index in [1.807, 2.05) is 18.2 Å². The lowest BCUT2D eigenvalue weighted by atomic mass is 9.86. The minimum Gasteiger partial charge on any atom is -0.452 e. The van der Waals surface area contributed by atoms with E-state index in [0.717, 1.165) is 5.56 Å². The first-order chi connectivity index (χ1) is 14.7. The summed E-state index contributed by atoms with van der Waals surface area (Å²) in [4.78, 5) is 25.2. The summed E-state index contributed by atoms with van der Waals surface area (Å²) in [7, 11) is 0. The van der Waals surface area contributed by atoms with Crippen LogP contribution in [0.5, 0.6) is 11.5 Å². The minimum atomic E-state index is -0.456. The molecule has 1 aliphatic heterocycles. The van der Waals surface area contributed by atoms with Crippen molar-refractivity contribution in [1.29, 1.82) is 0 Å². The van der Waals surface area contributed by atoms with Crippen LogP contribution in [0.15, 0.2) is 72.5 Å². The van der Waals surface area contributed by atoms with Gasteiger partial charge in [0.2, 0.25) is 5.78 Å². The largest absolute Gasteiger partial charge is 0.452 e. The SMILES string of the molecule is Cc1c(OC(=O)c2ccccc2)ccc2c1O/C(=C\c1ccc(C(C)(C)C)cc1)C2=O. The molecule has 0 bridgehead atoms. The van der Waals surface area contributed by atoms with Gasteiger partial charge in [-0.15, -0.1) is 0 Å². The molecule has 0 spiro atoms. The summed E-state index contributed by atoms with van der Waals surface area (Å²) in [5.74, 6) is 0.423. The molecule has 1 aliphatic rings. The Hall–Kier alpha value is -3.66. The van der Waals surface area contributed by atoms with E-state index in [4.69, 9.17) is 9.47 Å². The molecule has 0 fully saturated rings. The second-order valence-corrected chi connectivity index (χ2v) is 8.63. The lowest BCUT2D eigenvalue weighted by Crippen LogP contribution is -2.10. The molecule has 0 radical (unpaired) electrons. The summed E-state index contributed by atoms with van der Waals surface area (Å²) in [6.07, 6.45) is 1.74. The molecule has 0 amide bonds. The number of allylic oxidation sites excluding steroid dienone is 1. The fourth-order valence-electron chi connectivity index (χ4n) is 3.44. The van der Waals surface area contributed by atoms with Crippen LogP contribution >= 0.6 is 0 Å². The van der Waals surface area contributed by atoms with Crippen LogP contribution in [0.4, 0.5) is 0 Å². The summed E-state index contributed by atoms with van der Waals surface area (Å²) in [5.41, 5.74) is 3.71. The predicted molar refractivity (Wildman–Crippen MR) is 121 cm³/mol. The van der Waals surface area contributed by atoms with Crippen molar-refractivity contribution < 1.29 is 19.1 Å². The molecule has 0 N–H and O–H groups in total. The molecule has 4 rings (SSSR count). The fourth-order valence-corrected chi connectivity index (χ4v) is 3.44. The van der Waals surface area contributed by atoms with E-state index in [1.165, 1.54) is 5.56 Å². The van der Waals surface area contributed by atoms with E-state index in [1.54, 1.807) is 49.4 Å². The van der Waals surface area contributed by atoms with Crippen molar-refractivity contribution in [2.24, 2.45) is 0 Å². The molecule has 0 saturated heterocycles. The molecule has 3 aromatic rings. The number of carbonyl (C=O) groups excluding carboxylic acids is 2. The van der Waals surface area contributed by atoms with Gasteiger partial charge in [0, 0.05) is 5.56 Å². The van der Waals surface area contributed by atoms with Gasteiger partial charge in [0.15, 0.2) is 5.76 Å². The third-order valence-corrected chi connectivity index (χ3v) is 5.32. The first-order valence-electron chi connectivity index (χ1n) is 10.2. The lowest BCUT2D eigenvalue weighted by molar-refractivity contribution is 0.0733. The maximum absolute atomic E-state index is 12.8. The number of ether oxygens (including phenoxy) is 2. The van der Waals surface area contributed by atoms with E-state index >= 15 is 0 Å². The van der Waals surface area contributed by atoms with Crippen LogP contribution in [0.25, 0.3) is 6.08 Å². The molecular weight excluding hydrogens is 388 g/mol. The number of fused-ring (bicyclic) bond motifs is 1. The highest BCUT2D eigenvalue weighted by Gasteiger charge is 2.30. The number of hydrogen-bond acceptors (Lipinski definition) is 4. The number of benzene rings is 3. The van der Waals surface area contributed by atoms with Gasteiger partial charge in [-0.25, -0.2) is 4.79 Å². The Morgan fingerprint density at radius 3 is 2.26 bits per heavy atom. The Balaban J connectivity index is 1.58. The molecule has 4 heteroatoms. The second-order valence-electron chi connectivity index (χ2n) is 8.63. The van der Waals surface area contributed by atoms with Crippen molar-refractivity contribution in [2.75, 3.05) is 0 Å². The van der Waals surface area contributed by atoms with Gasteiger partial charge in [-0.05, 0) is 53.8 Å². The van der Waals surface area contributed by atoms with Crippen LogP contribution in [-0.4, -0.2) is 11.8 Å². The summed E-state index contributed by atoms with van der Waals surface area (Å²) in [5, 5.41) is 0. The molecule has 0 atom stereocenters. The monoisotopic (exact) mass is 412 g/mol. The summed E-state index contributed by atoms with van der Waals surface area (Å²) in [6, 6.07) is 20.1. The van der Waals surface area contributed by atoms with E-state index in [-0.39, 0.29) is 17.0 Å². The maximum atomic E-state index is 12.8. The molecule has 0 aliphatic carbocycles. The van der Waals surface area contributed by atoms with Crippen LogP contribution in [0.3, 0.4) is 0 Å². The lowest BCUT2D eigenvalue weighted by Gasteiger charge is -2.18. The Labute approximate surface area is 182 Å². The van der Waals surface area contributed by atoms with Crippen molar-refractivity contribution in [1.82, 2.24) is 0 Å². The van der Waals surface area contributed by atoms with Gasteiger partial charge in [-0.2, -0.15) is 0 Å². The average Bonchev–Trinajstić information content (AvgIpc) is 3.06. The van der Waals surface area contributed by atoms with Gasteiger partial charge in [0.1, 0.15) is 11.5 Å². The van der Waals surface area contributed by atoms with Crippen LogP contribution in [0, 0.1) is 6.92 Å². The molecule has 0 unspecified atom stereocenters. The third-order valence-electron chi connectivity index (χ3n) is 5.32. The van der Waals surface area contributed by atoms with Gasteiger partial charge in [-0.1, -0.05) is 63.2 Å². The van der Waals surface area contributed by atoms with Crippen LogP contribution in [0.1, 0.15) is 58.2 Å². The molecule has 1 heterocycles. The number of rotatable bonds is 3. The van der Waals surface area contributed by atoms with Crippen molar-refractivity contribution >= 4 is 17.8 Å². The summed E-state index contributed by atoms with van der Waals surface area (Å²) < 4.78 is 11.4. The van der Waals surface area contributed by atoms with Crippen LogP contribution in [-0.2, 0) is 5.41 Å². The topological polar surface area (TPSA) is 52.6 Å². The first kappa shape index (κ1) is 20.6. The summed E-state index contributed by atoms with van der Waals surface area (Å²) >= 11 is 0. The van der Waals surface area contributed by atoms with Gasteiger partial charge in [-0.3, -0.25) is 4.79 Å². The average molecular weight is 412 g/mol. The van der Waals surface area contributed by atoms with Crippen molar-refractivity contribution in [3.8, 4) is 11.5 Å². The van der Waals surface area contributed by atoms with E-state index in [9.17, 15) is 9.59 Å². The highest BCUT2D eigenvalue weighted by Crippen LogP contribution is 2.39. The fraction of sp³-hybridized carbons (Fsp3) is 0.185. The molecule has 31 heavy (non-hydrogen) atoms. The number of hydrogen-bond donors (Lipinski definition) is 0. The number of ketones is 1. The highest BCUT2D eigenvalue weighted by molar-refractivity contribution is 6.15. The maximum Gasteiger partial charge on any atom is 0.343 e. The Morgan fingerprint density at radius 1 is 0.935 bits per heavy atom. The smallest absolute Gasteiger partial charge is 0.343 e. The van der Waals surface area contributed by atoms with Gasteiger partial charge in [0.05, 0.1) is 11.1 Å². The molecule has 3 aromatic carbocycles. The van der Waals surface area contributed by atoms with E-state index < -0.39 is 5.97 Å². The van der Waals surface area contributed by atoms with Crippen molar-refractivity contribution in [2.45, 2.75) is 33.1 Å². The quantitative estimate of drug-likeness (QED) is 0.295. The van der Waals surface area contributed by atoms with E-state index in [0.29, 0.717) is 28.2 Å². The predicted octanol–water partition coefficient (Wildman–Crippen LogP) is 6.13. The first-order valence-corrected chi connectivity index (χ1v) is 10.2. The molecule has 0 aromatic heterocycles. The van der Waals surface area contributed by atoms with Crippen molar-refractivity contribution in [3.63, 3.8) is 0 Å². The normalized spacial score (nSPS) is 14.3.